The number of ether oxygens (including phenoxy) is 3. The van der Waals surface area contributed by atoms with E-state index >= 15 is 0 Å². The van der Waals surface area contributed by atoms with Crippen molar-refractivity contribution in [3.63, 3.8) is 0 Å². The van der Waals surface area contributed by atoms with Crippen molar-refractivity contribution in [1.29, 1.82) is 0 Å². The second-order valence-corrected chi connectivity index (χ2v) is 5.58. The van der Waals surface area contributed by atoms with Crippen LogP contribution in [0.5, 0.6) is 11.5 Å². The standard InChI is InChI=1S/C17H17NO4/c1-20-17(21-2)12-8-18-16-11-7-9(19)3-5-13(11)22-14-6-4-10(12)15(14)16/h3,5,7-8,14,17,19H,4,6H2,1-2H3. The summed E-state index contributed by atoms with van der Waals surface area (Å²) in [6.07, 6.45) is 3.24. The molecule has 114 valence electrons. The van der Waals surface area contributed by atoms with E-state index in [0.29, 0.717) is 0 Å². The van der Waals surface area contributed by atoms with Crippen LogP contribution in [0.25, 0.3) is 11.3 Å². The summed E-state index contributed by atoms with van der Waals surface area (Å²) in [4.78, 5) is 4.62. The number of hydrogen-bond acceptors (Lipinski definition) is 5. The molecule has 5 heteroatoms. The number of methoxy groups -OCH3 is 2. The molecule has 0 radical (unpaired) electrons. The molecule has 1 N–H and O–H groups in total. The SMILES string of the molecule is COC(OC)c1cnc2c3c1CCC3Oc1ccc(O)cc1-2. The molecule has 4 rings (SSSR count). The summed E-state index contributed by atoms with van der Waals surface area (Å²) in [5, 5.41) is 9.76. The zero-order chi connectivity index (χ0) is 15.3. The van der Waals surface area contributed by atoms with Gasteiger partial charge in [0.15, 0.2) is 6.29 Å². The van der Waals surface area contributed by atoms with Crippen LogP contribution in [-0.4, -0.2) is 24.3 Å². The minimum atomic E-state index is -0.419. The third-order valence-corrected chi connectivity index (χ3v) is 4.41. The van der Waals surface area contributed by atoms with E-state index in [-0.39, 0.29) is 11.9 Å². The second-order valence-electron chi connectivity index (χ2n) is 5.58. The van der Waals surface area contributed by atoms with Crippen molar-refractivity contribution in [1.82, 2.24) is 4.98 Å². The van der Waals surface area contributed by atoms with Crippen LogP contribution < -0.4 is 4.74 Å². The van der Waals surface area contributed by atoms with E-state index in [4.69, 9.17) is 14.2 Å². The molecule has 1 aliphatic heterocycles. The van der Waals surface area contributed by atoms with Gasteiger partial charge in [-0.3, -0.25) is 4.98 Å². The second kappa shape index (κ2) is 4.97. The Morgan fingerprint density at radius 2 is 2.14 bits per heavy atom. The third kappa shape index (κ3) is 1.82. The zero-order valence-corrected chi connectivity index (χ0v) is 12.5. The highest BCUT2D eigenvalue weighted by atomic mass is 16.7. The number of aromatic hydroxyl groups is 1. The van der Waals surface area contributed by atoms with Crippen LogP contribution in [0.15, 0.2) is 24.4 Å². The molecular formula is C17H17NO4. The highest BCUT2D eigenvalue weighted by molar-refractivity contribution is 5.76. The maximum absolute atomic E-state index is 9.76. The molecule has 0 spiro atoms. The number of aromatic nitrogens is 1. The Morgan fingerprint density at radius 3 is 2.91 bits per heavy atom. The van der Waals surface area contributed by atoms with Crippen molar-refractivity contribution in [2.45, 2.75) is 25.2 Å². The van der Waals surface area contributed by atoms with E-state index in [1.165, 1.54) is 5.56 Å². The van der Waals surface area contributed by atoms with Crippen LogP contribution in [0.4, 0.5) is 0 Å². The predicted octanol–water partition coefficient (Wildman–Crippen LogP) is 3.13. The number of pyridine rings is 1. The van der Waals surface area contributed by atoms with Gasteiger partial charge >= 0.3 is 0 Å². The number of phenolic OH excluding ortho intramolecular Hbond substituents is 1. The lowest BCUT2D eigenvalue weighted by atomic mass is 9.95. The van der Waals surface area contributed by atoms with Crippen LogP contribution in [0.3, 0.4) is 0 Å². The van der Waals surface area contributed by atoms with E-state index in [9.17, 15) is 5.11 Å². The van der Waals surface area contributed by atoms with Gasteiger partial charge in [-0.2, -0.15) is 0 Å². The average Bonchev–Trinajstić information content (AvgIpc) is 2.95. The molecule has 5 nitrogen and oxygen atoms in total. The van der Waals surface area contributed by atoms with Crippen molar-refractivity contribution in [2.24, 2.45) is 0 Å². The van der Waals surface area contributed by atoms with Crippen LogP contribution in [0.1, 0.15) is 35.5 Å². The quantitative estimate of drug-likeness (QED) is 0.882. The molecular weight excluding hydrogens is 282 g/mol. The van der Waals surface area contributed by atoms with Gasteiger partial charge in [0, 0.05) is 37.1 Å². The van der Waals surface area contributed by atoms with Gasteiger partial charge in [-0.1, -0.05) is 0 Å². The first-order valence-electron chi connectivity index (χ1n) is 7.30. The zero-order valence-electron chi connectivity index (χ0n) is 12.5. The fourth-order valence-corrected chi connectivity index (χ4v) is 3.47. The summed E-state index contributed by atoms with van der Waals surface area (Å²) in [6.45, 7) is 0. The van der Waals surface area contributed by atoms with Crippen LogP contribution >= 0.6 is 0 Å². The molecule has 2 aromatic rings. The molecule has 22 heavy (non-hydrogen) atoms. The molecule has 0 amide bonds. The maximum Gasteiger partial charge on any atom is 0.184 e. The van der Waals surface area contributed by atoms with E-state index in [0.717, 1.165) is 41.0 Å². The monoisotopic (exact) mass is 299 g/mol. The van der Waals surface area contributed by atoms with E-state index in [2.05, 4.69) is 4.98 Å². The van der Waals surface area contributed by atoms with Gasteiger partial charge in [0.2, 0.25) is 0 Å². The van der Waals surface area contributed by atoms with Gasteiger partial charge in [0.25, 0.3) is 0 Å². The van der Waals surface area contributed by atoms with Gasteiger partial charge in [0.05, 0.1) is 5.69 Å². The normalized spacial score (nSPS) is 18.0. The molecule has 1 aromatic heterocycles. The molecule has 0 fully saturated rings. The van der Waals surface area contributed by atoms with E-state index < -0.39 is 6.29 Å². The Hall–Kier alpha value is -2.11. The van der Waals surface area contributed by atoms with Crippen molar-refractivity contribution in [2.75, 3.05) is 14.2 Å². The Kier molecular flexibility index (Phi) is 3.06. The van der Waals surface area contributed by atoms with Crippen molar-refractivity contribution in [3.05, 3.63) is 41.1 Å². The fraction of sp³-hybridized carbons (Fsp3) is 0.353. The highest BCUT2D eigenvalue weighted by Crippen LogP contribution is 2.50. The minimum Gasteiger partial charge on any atom is -0.508 e. The van der Waals surface area contributed by atoms with Crippen molar-refractivity contribution in [3.8, 4) is 22.8 Å². The molecule has 0 saturated heterocycles. The summed E-state index contributed by atoms with van der Waals surface area (Å²) in [5.74, 6) is 0.989. The third-order valence-electron chi connectivity index (χ3n) is 4.41. The van der Waals surface area contributed by atoms with Gasteiger partial charge in [0.1, 0.15) is 17.6 Å². The molecule has 1 aromatic carbocycles. The summed E-state index contributed by atoms with van der Waals surface area (Å²) in [7, 11) is 3.24. The lowest BCUT2D eigenvalue weighted by Crippen LogP contribution is -2.14. The van der Waals surface area contributed by atoms with Gasteiger partial charge in [-0.15, -0.1) is 0 Å². The fourth-order valence-electron chi connectivity index (χ4n) is 3.47. The van der Waals surface area contributed by atoms with Gasteiger partial charge in [-0.25, -0.2) is 0 Å². The first kappa shape index (κ1) is 13.5. The molecule has 0 saturated carbocycles. The predicted molar refractivity (Wildman–Crippen MR) is 79.8 cm³/mol. The molecule has 2 heterocycles. The number of phenols is 1. The topological polar surface area (TPSA) is 60.8 Å². The van der Waals surface area contributed by atoms with E-state index in [1.807, 2.05) is 6.20 Å². The summed E-state index contributed by atoms with van der Waals surface area (Å²) in [6, 6.07) is 5.14. The Labute approximate surface area is 128 Å². The van der Waals surface area contributed by atoms with Crippen molar-refractivity contribution >= 4 is 0 Å². The maximum atomic E-state index is 9.76. The van der Waals surface area contributed by atoms with Crippen molar-refractivity contribution < 1.29 is 19.3 Å². The minimum absolute atomic E-state index is 0.0175. The lowest BCUT2D eigenvalue weighted by Gasteiger charge is -2.26. The van der Waals surface area contributed by atoms with Crippen LogP contribution in [0.2, 0.25) is 0 Å². The smallest absolute Gasteiger partial charge is 0.184 e. The van der Waals surface area contributed by atoms with Gasteiger partial charge in [-0.05, 0) is 36.6 Å². The summed E-state index contributed by atoms with van der Waals surface area (Å²) >= 11 is 0. The summed E-state index contributed by atoms with van der Waals surface area (Å²) < 4.78 is 16.9. The number of hydrogen-bond donors (Lipinski definition) is 1. The van der Waals surface area contributed by atoms with Gasteiger partial charge < -0.3 is 19.3 Å². The number of fused-ring (bicyclic) bond motifs is 2. The molecule has 1 aliphatic carbocycles. The Morgan fingerprint density at radius 1 is 1.32 bits per heavy atom. The molecule has 1 unspecified atom stereocenters. The number of rotatable bonds is 3. The Balaban J connectivity index is 1.92. The first-order valence-corrected chi connectivity index (χ1v) is 7.30. The Bertz CT molecular complexity index is 740. The highest BCUT2D eigenvalue weighted by Gasteiger charge is 2.36. The molecule has 1 atom stereocenters. The van der Waals surface area contributed by atoms with Crippen LogP contribution in [-0.2, 0) is 15.9 Å². The lowest BCUT2D eigenvalue weighted by molar-refractivity contribution is -0.106. The van der Waals surface area contributed by atoms with E-state index in [1.54, 1.807) is 32.4 Å². The summed E-state index contributed by atoms with van der Waals surface area (Å²) in [5.41, 5.74) is 4.99. The molecule has 0 bridgehead atoms. The molecule has 2 aliphatic rings. The van der Waals surface area contributed by atoms with Crippen LogP contribution in [0, 0.1) is 0 Å². The first-order chi connectivity index (χ1) is 10.7. The average molecular weight is 299 g/mol. The largest absolute Gasteiger partial charge is 0.508 e. The number of nitrogens with zero attached hydrogens (tertiary/aromatic N) is 1. The number of benzene rings is 1.